The van der Waals surface area contributed by atoms with Gasteiger partial charge in [0.2, 0.25) is 0 Å². The van der Waals surface area contributed by atoms with E-state index in [0.717, 1.165) is 99.7 Å². The van der Waals surface area contributed by atoms with Gasteiger partial charge in [0.05, 0.1) is 38.5 Å². The summed E-state index contributed by atoms with van der Waals surface area (Å²) in [5, 5.41) is 0.0163. The first-order valence-electron chi connectivity index (χ1n) is 25.3. The van der Waals surface area contributed by atoms with E-state index in [9.17, 15) is 19.2 Å². The molecule has 6 aliphatic rings. The second-order valence-electron chi connectivity index (χ2n) is 19.0. The van der Waals surface area contributed by atoms with E-state index in [2.05, 4.69) is 24.3 Å². The summed E-state index contributed by atoms with van der Waals surface area (Å²) in [5.41, 5.74) is 2.02. The normalized spacial score (nSPS) is 31.0. The van der Waals surface area contributed by atoms with Crippen molar-refractivity contribution in [1.82, 2.24) is 9.80 Å². The van der Waals surface area contributed by atoms with Crippen LogP contribution < -0.4 is 9.47 Å². The Balaban J connectivity index is 0.000000229. The Morgan fingerprint density at radius 1 is 0.535 bits per heavy atom. The average Bonchev–Trinajstić information content (AvgIpc) is 3.93. The molecule has 2 aromatic rings. The summed E-state index contributed by atoms with van der Waals surface area (Å²) >= 11 is 2.58. The quantitative estimate of drug-likeness (QED) is 0.164. The van der Waals surface area contributed by atoms with Crippen molar-refractivity contribution in [3.63, 3.8) is 0 Å². The number of thioether (sulfide) groups is 2. The molecule has 2 aromatic carbocycles. The predicted molar refractivity (Wildman–Crippen MR) is 277 cm³/mol. The first-order valence-corrected chi connectivity index (χ1v) is 27.3. The molecule has 0 spiro atoms. The standard InChI is InChI=1S/2C27H37NO6S.CH4/c2*1-31-21-14-12-20(13-15-21)18-28-24(19-35-26(28)30)27(32-2)17-23-16-22(34-27)10-8-6-4-3-5-7-9-11-25(29)33-23;/h2*3-4,12-15,22-24H,5-11,16-19H2,1-2H3;1H4/b4-3+;4-3-;/t2*22-,23-,24+,27-;/m11./s1. The summed E-state index contributed by atoms with van der Waals surface area (Å²) in [7, 11) is 6.55. The lowest BCUT2D eigenvalue weighted by atomic mass is 9.90. The smallest absolute Gasteiger partial charge is 0.306 e. The molecule has 2 amide bonds. The van der Waals surface area contributed by atoms with Gasteiger partial charge in [-0.05, 0) is 112 Å². The Labute approximate surface area is 430 Å². The molecule has 392 valence electrons. The fraction of sp³-hybridized carbons (Fsp3) is 0.636. The van der Waals surface area contributed by atoms with Gasteiger partial charge in [-0.3, -0.25) is 19.2 Å². The van der Waals surface area contributed by atoms with E-state index in [1.54, 1.807) is 28.4 Å². The summed E-state index contributed by atoms with van der Waals surface area (Å²) in [6.45, 7) is 0.907. The lowest BCUT2D eigenvalue weighted by molar-refractivity contribution is -0.306. The molecule has 71 heavy (non-hydrogen) atoms. The molecule has 6 aliphatic heterocycles. The number of allylic oxidation sites excluding steroid dienone is 4. The van der Waals surface area contributed by atoms with E-state index in [0.29, 0.717) is 63.1 Å². The summed E-state index contributed by atoms with van der Waals surface area (Å²) in [6.07, 6.45) is 22.5. The first kappa shape index (κ1) is 56.2. The third-order valence-corrected chi connectivity index (χ3v) is 16.1. The van der Waals surface area contributed by atoms with Gasteiger partial charge in [0.15, 0.2) is 11.6 Å². The van der Waals surface area contributed by atoms with E-state index in [4.69, 9.17) is 37.9 Å². The molecule has 4 saturated heterocycles. The number of carbonyl (C=O) groups is 4. The van der Waals surface area contributed by atoms with Gasteiger partial charge >= 0.3 is 11.9 Å². The monoisotopic (exact) mass is 1020 g/mol. The zero-order valence-corrected chi connectivity index (χ0v) is 43.2. The lowest BCUT2D eigenvalue weighted by Crippen LogP contribution is -2.60. The fourth-order valence-electron chi connectivity index (χ4n) is 10.4. The van der Waals surface area contributed by atoms with Crippen LogP contribution >= 0.6 is 23.5 Å². The van der Waals surface area contributed by atoms with Crippen LogP contribution in [0.5, 0.6) is 11.5 Å². The van der Waals surface area contributed by atoms with E-state index in [1.165, 1.54) is 23.5 Å². The minimum Gasteiger partial charge on any atom is -0.497 e. The van der Waals surface area contributed by atoms with Crippen LogP contribution in [0.2, 0.25) is 0 Å². The molecule has 8 atom stereocenters. The molecule has 14 nitrogen and oxygen atoms in total. The van der Waals surface area contributed by atoms with Crippen LogP contribution in [0, 0.1) is 0 Å². The molecular formula is C55H78N2O12S2. The van der Waals surface area contributed by atoms with Gasteiger partial charge in [-0.25, -0.2) is 0 Å². The molecule has 8 rings (SSSR count). The number of benzene rings is 2. The minimum atomic E-state index is -1.02. The van der Waals surface area contributed by atoms with Crippen LogP contribution in [-0.2, 0) is 51.1 Å². The molecule has 16 heteroatoms. The number of hydrogen-bond acceptors (Lipinski definition) is 14. The minimum absolute atomic E-state index is 0. The van der Waals surface area contributed by atoms with Crippen molar-refractivity contribution < 1.29 is 57.1 Å². The number of rotatable bonds is 10. The molecule has 0 saturated carbocycles. The van der Waals surface area contributed by atoms with Gasteiger partial charge in [0, 0.05) is 77.3 Å². The number of fused-ring (bicyclic) bond motifs is 4. The maximum atomic E-state index is 12.9. The van der Waals surface area contributed by atoms with Gasteiger partial charge in [-0.15, -0.1) is 0 Å². The average molecular weight is 1020 g/mol. The highest BCUT2D eigenvalue weighted by atomic mass is 32.2. The Bertz CT molecular complexity index is 1930. The van der Waals surface area contributed by atoms with Crippen molar-refractivity contribution >= 4 is 45.9 Å². The maximum Gasteiger partial charge on any atom is 0.306 e. The van der Waals surface area contributed by atoms with E-state index in [1.807, 2.05) is 58.3 Å². The highest BCUT2D eigenvalue weighted by Gasteiger charge is 2.56. The van der Waals surface area contributed by atoms with Crippen LogP contribution in [0.25, 0.3) is 0 Å². The topological polar surface area (TPSA) is 149 Å². The van der Waals surface area contributed by atoms with Crippen LogP contribution in [0.15, 0.2) is 72.8 Å². The number of hydrogen-bond donors (Lipinski definition) is 0. The van der Waals surface area contributed by atoms with Crippen molar-refractivity contribution in [3.05, 3.63) is 84.0 Å². The first-order chi connectivity index (χ1) is 34.1. The summed E-state index contributed by atoms with van der Waals surface area (Å²) < 4.78 is 47.9. The Morgan fingerprint density at radius 3 is 1.28 bits per heavy atom. The van der Waals surface area contributed by atoms with E-state index in [-0.39, 0.29) is 66.3 Å². The number of methoxy groups -OCH3 is 4. The van der Waals surface area contributed by atoms with Crippen molar-refractivity contribution in [2.75, 3.05) is 39.9 Å². The van der Waals surface area contributed by atoms with Crippen molar-refractivity contribution in [1.29, 1.82) is 0 Å². The van der Waals surface area contributed by atoms with E-state index >= 15 is 0 Å². The Morgan fingerprint density at radius 2 is 0.915 bits per heavy atom. The van der Waals surface area contributed by atoms with Crippen LogP contribution in [0.3, 0.4) is 0 Å². The number of carbonyl (C=O) groups excluding carboxylic acids is 4. The molecule has 6 heterocycles. The molecule has 0 radical (unpaired) electrons. The third-order valence-electron chi connectivity index (χ3n) is 14.2. The fourth-order valence-corrected chi connectivity index (χ4v) is 12.6. The van der Waals surface area contributed by atoms with Gasteiger partial charge < -0.3 is 47.7 Å². The van der Waals surface area contributed by atoms with E-state index < -0.39 is 11.6 Å². The zero-order valence-electron chi connectivity index (χ0n) is 41.6. The van der Waals surface area contributed by atoms with Crippen molar-refractivity contribution in [2.24, 2.45) is 0 Å². The van der Waals surface area contributed by atoms with Crippen LogP contribution in [0.4, 0.5) is 9.59 Å². The zero-order chi connectivity index (χ0) is 49.4. The summed E-state index contributed by atoms with van der Waals surface area (Å²) in [6, 6.07) is 14.9. The van der Waals surface area contributed by atoms with Crippen LogP contribution in [-0.4, -0.2) is 120 Å². The van der Waals surface area contributed by atoms with Crippen molar-refractivity contribution in [3.8, 4) is 11.5 Å². The number of ether oxygens (including phenoxy) is 8. The van der Waals surface area contributed by atoms with Gasteiger partial charge in [-0.1, -0.05) is 79.5 Å². The van der Waals surface area contributed by atoms with Gasteiger partial charge in [-0.2, -0.15) is 0 Å². The summed E-state index contributed by atoms with van der Waals surface area (Å²) in [5.74, 6) is 0.329. The number of amides is 2. The third kappa shape index (κ3) is 15.5. The molecule has 0 aromatic heterocycles. The van der Waals surface area contributed by atoms with Crippen LogP contribution in [0.1, 0.15) is 134 Å². The van der Waals surface area contributed by atoms with Crippen molar-refractivity contribution in [2.45, 2.75) is 184 Å². The highest BCUT2D eigenvalue weighted by molar-refractivity contribution is 8.14. The Hall–Kier alpha value is -4.06. The molecule has 4 bridgehead atoms. The largest absolute Gasteiger partial charge is 0.497 e. The second-order valence-corrected chi connectivity index (χ2v) is 21.0. The predicted octanol–water partition coefficient (Wildman–Crippen LogP) is 11.6. The lowest BCUT2D eigenvalue weighted by Gasteiger charge is -2.48. The SMILES string of the molecule is C.COc1ccc(CN2C(=O)SC[C@H]2[C@@]2(OC)C[C@H]3C[C@@H](CCC/C=C/CCCCC(=O)O3)O2)cc1.COc1ccc(CN2C(=O)SC[C@H]2[C@@]2(OC)C[C@H]3C[C@@H](CCC/C=C\CCCCC(=O)O3)O2)cc1. The number of nitrogens with zero attached hydrogens (tertiary/aromatic N) is 2. The maximum absolute atomic E-state index is 12.9. The molecule has 0 N–H and O–H groups in total. The summed E-state index contributed by atoms with van der Waals surface area (Å²) in [4.78, 5) is 54.8. The molecule has 4 fully saturated rings. The molecule has 0 unspecified atom stereocenters. The molecular weight excluding hydrogens is 945 g/mol. The Kier molecular flexibility index (Phi) is 22.1. The molecule has 0 aliphatic carbocycles. The second kappa shape index (κ2) is 27.8. The van der Waals surface area contributed by atoms with Gasteiger partial charge in [0.25, 0.3) is 10.5 Å². The number of esters is 2. The highest BCUT2D eigenvalue weighted by Crippen LogP contribution is 2.45. The van der Waals surface area contributed by atoms with Gasteiger partial charge in [0.1, 0.15) is 23.7 Å².